The zero-order chi connectivity index (χ0) is 23.3. The standard InChI is InChI=1S/C29H27N3O2/c1-3-15-31-18-24(20-9-5-7-11-26(20)31)29(23-17-30-14-13-22(23)28(33)34-29)25-19-32(16-4-2)27-12-8-6-10-21(25)27/h5-14,17-19H,3-4,15-16H2,1-2H3. The fourth-order valence-corrected chi connectivity index (χ4v) is 5.55. The Hall–Kier alpha value is -3.86. The van der Waals surface area contributed by atoms with Gasteiger partial charge in [0.1, 0.15) is 0 Å². The Morgan fingerprint density at radius 1 is 0.794 bits per heavy atom. The van der Waals surface area contributed by atoms with E-state index in [2.05, 4.69) is 88.9 Å². The maximum absolute atomic E-state index is 13.3. The fourth-order valence-electron chi connectivity index (χ4n) is 5.55. The highest BCUT2D eigenvalue weighted by molar-refractivity contribution is 6.00. The lowest BCUT2D eigenvalue weighted by Gasteiger charge is -2.29. The Bertz CT molecular complexity index is 1460. The monoisotopic (exact) mass is 449 g/mol. The second-order valence-electron chi connectivity index (χ2n) is 9.00. The van der Waals surface area contributed by atoms with E-state index in [9.17, 15) is 4.79 Å². The maximum Gasteiger partial charge on any atom is 0.340 e. The van der Waals surface area contributed by atoms with Gasteiger partial charge in [-0.25, -0.2) is 4.79 Å². The predicted octanol–water partition coefficient (Wildman–Crippen LogP) is 6.27. The highest BCUT2D eigenvalue weighted by Crippen LogP contribution is 2.51. The van der Waals surface area contributed by atoms with Crippen LogP contribution in [-0.4, -0.2) is 20.1 Å². The van der Waals surface area contributed by atoms with E-state index in [1.165, 1.54) is 0 Å². The molecule has 0 N–H and O–H groups in total. The van der Waals surface area contributed by atoms with Gasteiger partial charge in [0, 0.05) is 76.4 Å². The second kappa shape index (κ2) is 7.87. The summed E-state index contributed by atoms with van der Waals surface area (Å²) in [5.41, 5.74) is 4.56. The molecule has 0 bridgehead atoms. The number of hydrogen-bond donors (Lipinski definition) is 0. The molecule has 0 saturated heterocycles. The van der Waals surface area contributed by atoms with Gasteiger partial charge in [-0.15, -0.1) is 0 Å². The SMILES string of the molecule is CCCn1cc(C2(c3cn(CCC)c4ccccc34)OC(=O)c3ccncc32)c2ccccc21. The lowest BCUT2D eigenvalue weighted by Crippen LogP contribution is -2.29. The molecule has 1 aliphatic heterocycles. The smallest absolute Gasteiger partial charge is 0.340 e. The minimum atomic E-state index is -1.07. The van der Waals surface area contributed by atoms with Gasteiger partial charge < -0.3 is 13.9 Å². The van der Waals surface area contributed by atoms with Crippen LogP contribution in [0, 0.1) is 0 Å². The van der Waals surface area contributed by atoms with Crippen molar-refractivity contribution < 1.29 is 9.53 Å². The summed E-state index contributed by atoms with van der Waals surface area (Å²) in [6.07, 6.45) is 9.84. The van der Waals surface area contributed by atoms with Crippen LogP contribution in [-0.2, 0) is 23.4 Å². The van der Waals surface area contributed by atoms with Crippen LogP contribution >= 0.6 is 0 Å². The Morgan fingerprint density at radius 2 is 1.35 bits per heavy atom. The molecule has 3 aromatic heterocycles. The zero-order valence-corrected chi connectivity index (χ0v) is 19.5. The van der Waals surface area contributed by atoms with Crippen molar-refractivity contribution in [3.63, 3.8) is 0 Å². The minimum absolute atomic E-state index is 0.308. The first-order valence-corrected chi connectivity index (χ1v) is 12.0. The number of fused-ring (bicyclic) bond motifs is 3. The van der Waals surface area contributed by atoms with E-state index < -0.39 is 5.60 Å². The number of para-hydroxylation sites is 2. The summed E-state index contributed by atoms with van der Waals surface area (Å²) in [4.78, 5) is 17.7. The summed E-state index contributed by atoms with van der Waals surface area (Å²) >= 11 is 0. The number of rotatable bonds is 6. The van der Waals surface area contributed by atoms with Gasteiger partial charge in [-0.3, -0.25) is 4.98 Å². The molecule has 0 radical (unpaired) electrons. The summed E-state index contributed by atoms with van der Waals surface area (Å²) in [5, 5.41) is 2.18. The van der Waals surface area contributed by atoms with Crippen molar-refractivity contribution in [2.75, 3.05) is 0 Å². The third-order valence-electron chi connectivity index (χ3n) is 6.93. The third kappa shape index (κ3) is 2.79. The molecule has 0 saturated carbocycles. The normalized spacial score (nSPS) is 14.6. The molecule has 2 aromatic carbocycles. The van der Waals surface area contributed by atoms with E-state index >= 15 is 0 Å². The van der Waals surface area contributed by atoms with Crippen molar-refractivity contribution in [3.8, 4) is 0 Å². The Balaban J connectivity index is 1.76. The number of carbonyl (C=O) groups excluding carboxylic acids is 1. The number of aryl methyl sites for hydroxylation is 2. The van der Waals surface area contributed by atoms with Crippen LogP contribution in [0.3, 0.4) is 0 Å². The molecule has 5 heteroatoms. The summed E-state index contributed by atoms with van der Waals surface area (Å²) in [6, 6.07) is 18.6. The molecule has 5 nitrogen and oxygen atoms in total. The Morgan fingerprint density at radius 3 is 1.91 bits per heavy atom. The first kappa shape index (κ1) is 20.7. The second-order valence-corrected chi connectivity index (χ2v) is 9.00. The lowest BCUT2D eigenvalue weighted by atomic mass is 9.80. The van der Waals surface area contributed by atoms with Gasteiger partial charge in [0.05, 0.1) is 5.56 Å². The van der Waals surface area contributed by atoms with E-state index in [4.69, 9.17) is 4.74 Å². The topological polar surface area (TPSA) is 49.0 Å². The van der Waals surface area contributed by atoms with Crippen molar-refractivity contribution in [1.29, 1.82) is 0 Å². The molecule has 170 valence electrons. The van der Waals surface area contributed by atoms with Gasteiger partial charge in [0.25, 0.3) is 0 Å². The molecule has 0 aliphatic carbocycles. The van der Waals surface area contributed by atoms with Crippen LogP contribution < -0.4 is 0 Å². The molecule has 0 fully saturated rings. The van der Waals surface area contributed by atoms with Crippen LogP contribution in [0.1, 0.15) is 53.7 Å². The maximum atomic E-state index is 13.3. The van der Waals surface area contributed by atoms with Crippen LogP contribution in [0.15, 0.2) is 79.4 Å². The zero-order valence-electron chi connectivity index (χ0n) is 19.5. The molecule has 0 amide bonds. The number of hydrogen-bond acceptors (Lipinski definition) is 3. The number of cyclic esters (lactones) is 1. The quantitative estimate of drug-likeness (QED) is 0.287. The number of nitrogens with zero attached hydrogens (tertiary/aromatic N) is 3. The van der Waals surface area contributed by atoms with Crippen molar-refractivity contribution in [2.45, 2.75) is 45.4 Å². The molecule has 34 heavy (non-hydrogen) atoms. The first-order valence-electron chi connectivity index (χ1n) is 12.0. The summed E-state index contributed by atoms with van der Waals surface area (Å²) in [6.45, 7) is 6.14. The molecule has 6 rings (SSSR count). The molecule has 0 spiro atoms. The van der Waals surface area contributed by atoms with Crippen molar-refractivity contribution in [3.05, 3.63) is 102 Å². The minimum Gasteiger partial charge on any atom is -0.440 e. The number of aromatic nitrogens is 3. The number of carbonyl (C=O) groups is 1. The highest BCUT2D eigenvalue weighted by atomic mass is 16.6. The van der Waals surface area contributed by atoms with E-state index in [-0.39, 0.29) is 5.97 Å². The number of pyridine rings is 1. The number of esters is 1. The number of ether oxygens (including phenoxy) is 1. The van der Waals surface area contributed by atoms with Crippen LogP contribution in [0.4, 0.5) is 0 Å². The average Bonchev–Trinajstić information content (AvgIpc) is 3.52. The van der Waals surface area contributed by atoms with Crippen LogP contribution in [0.5, 0.6) is 0 Å². The highest BCUT2D eigenvalue weighted by Gasteiger charge is 2.51. The van der Waals surface area contributed by atoms with Gasteiger partial charge in [0.2, 0.25) is 0 Å². The van der Waals surface area contributed by atoms with Crippen molar-refractivity contribution in [1.82, 2.24) is 14.1 Å². The van der Waals surface area contributed by atoms with E-state index in [0.717, 1.165) is 64.4 Å². The van der Waals surface area contributed by atoms with Crippen LogP contribution in [0.2, 0.25) is 0 Å². The molecule has 4 heterocycles. The van der Waals surface area contributed by atoms with Crippen molar-refractivity contribution in [2.24, 2.45) is 0 Å². The molecule has 0 atom stereocenters. The van der Waals surface area contributed by atoms with Crippen LogP contribution in [0.25, 0.3) is 21.8 Å². The Labute approximate surface area is 198 Å². The molecule has 0 unspecified atom stereocenters. The van der Waals surface area contributed by atoms with E-state index in [1.54, 1.807) is 18.5 Å². The predicted molar refractivity (Wildman–Crippen MR) is 134 cm³/mol. The van der Waals surface area contributed by atoms with Gasteiger partial charge in [-0.1, -0.05) is 50.2 Å². The van der Waals surface area contributed by atoms with E-state index in [1.807, 2.05) is 0 Å². The van der Waals surface area contributed by atoms with Gasteiger partial charge in [-0.05, 0) is 31.0 Å². The summed E-state index contributed by atoms with van der Waals surface area (Å²) in [7, 11) is 0. The van der Waals surface area contributed by atoms with E-state index in [0.29, 0.717) is 5.56 Å². The molecule has 5 aromatic rings. The summed E-state index contributed by atoms with van der Waals surface area (Å²) in [5.74, 6) is -0.308. The van der Waals surface area contributed by atoms with Gasteiger partial charge in [0.15, 0.2) is 5.60 Å². The fraction of sp³-hybridized carbons (Fsp3) is 0.241. The largest absolute Gasteiger partial charge is 0.440 e. The first-order chi connectivity index (χ1) is 16.7. The summed E-state index contributed by atoms with van der Waals surface area (Å²) < 4.78 is 11.0. The van der Waals surface area contributed by atoms with Gasteiger partial charge in [-0.2, -0.15) is 0 Å². The van der Waals surface area contributed by atoms with Gasteiger partial charge >= 0.3 is 5.97 Å². The molecule has 1 aliphatic rings. The van der Waals surface area contributed by atoms with Crippen molar-refractivity contribution >= 4 is 27.8 Å². The average molecular weight is 450 g/mol. The third-order valence-corrected chi connectivity index (χ3v) is 6.93. The lowest BCUT2D eigenvalue weighted by molar-refractivity contribution is 0.0258. The molecular weight excluding hydrogens is 422 g/mol. The molecular formula is C29H27N3O2. The Kier molecular flexibility index (Phi) is 4.80. The number of benzene rings is 2.